The van der Waals surface area contributed by atoms with E-state index in [0.29, 0.717) is 11.5 Å². The molecule has 0 N–H and O–H groups in total. The van der Waals surface area contributed by atoms with E-state index >= 15 is 0 Å². The summed E-state index contributed by atoms with van der Waals surface area (Å²) in [5, 5.41) is 10.5. The number of nitrogens with zero attached hydrogens (tertiary/aromatic N) is 1. The minimum Gasteiger partial charge on any atom is -0.490 e. The average Bonchev–Trinajstić information content (AvgIpc) is 2.65. The molecule has 0 aliphatic heterocycles. The van der Waals surface area contributed by atoms with E-state index in [-0.39, 0.29) is 24.5 Å². The summed E-state index contributed by atoms with van der Waals surface area (Å²) in [4.78, 5) is 32.8. The summed E-state index contributed by atoms with van der Waals surface area (Å²) in [6.45, 7) is 0.474. The lowest BCUT2D eigenvalue weighted by molar-refractivity contribution is -0.384. The number of ether oxygens (including phenoxy) is 3. The second-order valence-electron chi connectivity index (χ2n) is 4.79. The Morgan fingerprint density at radius 3 is 1.84 bits per heavy atom. The van der Waals surface area contributed by atoms with E-state index in [1.54, 1.807) is 12.1 Å². The van der Waals surface area contributed by atoms with Crippen LogP contribution in [0.3, 0.4) is 0 Å². The highest BCUT2D eigenvalue weighted by atomic mass is 16.6. The zero-order valence-electron chi connectivity index (χ0n) is 13.3. The zero-order chi connectivity index (χ0) is 18.2. The van der Waals surface area contributed by atoms with Gasteiger partial charge in [-0.05, 0) is 36.4 Å². The molecule has 0 atom stereocenters. The topological polar surface area (TPSA) is 105 Å². The summed E-state index contributed by atoms with van der Waals surface area (Å²) in [6.07, 6.45) is 0. The number of ketones is 1. The molecule has 0 radical (unpaired) electrons. The predicted octanol–water partition coefficient (Wildman–Crippen LogP) is 2.41. The van der Waals surface area contributed by atoms with Crippen LogP contribution in [0.5, 0.6) is 11.5 Å². The van der Waals surface area contributed by atoms with Gasteiger partial charge in [-0.3, -0.25) is 14.9 Å². The maximum atomic E-state index is 11.6. The van der Waals surface area contributed by atoms with Crippen LogP contribution in [0.1, 0.15) is 10.4 Å². The fraction of sp³-hybridized carbons (Fsp3) is 0.176. The number of methoxy groups -OCH3 is 1. The Hall–Kier alpha value is -3.42. The Labute approximate surface area is 143 Å². The zero-order valence-corrected chi connectivity index (χ0v) is 13.3. The largest absolute Gasteiger partial charge is 0.490 e. The quantitative estimate of drug-likeness (QED) is 0.181. The number of hydrogen-bond acceptors (Lipinski definition) is 7. The molecule has 0 unspecified atom stereocenters. The lowest BCUT2D eigenvalue weighted by Crippen LogP contribution is -2.15. The van der Waals surface area contributed by atoms with Gasteiger partial charge in [0.2, 0.25) is 0 Å². The second-order valence-corrected chi connectivity index (χ2v) is 4.79. The van der Waals surface area contributed by atoms with Crippen LogP contribution in [0, 0.1) is 10.1 Å². The molecule has 8 heteroatoms. The third kappa shape index (κ3) is 5.03. The number of carbonyl (C=O) groups excluding carboxylic acids is 2. The molecule has 0 saturated carbocycles. The van der Waals surface area contributed by atoms with E-state index in [0.717, 1.165) is 7.11 Å². The smallest absolute Gasteiger partial charge is 0.379 e. The minimum absolute atomic E-state index is 0.00908. The molecule has 0 saturated heterocycles. The Morgan fingerprint density at radius 2 is 1.40 bits per heavy atom. The molecule has 2 rings (SSSR count). The van der Waals surface area contributed by atoms with Gasteiger partial charge in [0.25, 0.3) is 11.5 Å². The molecule has 8 nitrogen and oxygen atoms in total. The molecule has 0 aliphatic rings. The van der Waals surface area contributed by atoms with Gasteiger partial charge in [-0.15, -0.1) is 0 Å². The summed E-state index contributed by atoms with van der Waals surface area (Å²) in [6, 6.07) is 11.8. The van der Waals surface area contributed by atoms with Gasteiger partial charge in [-0.2, -0.15) is 0 Å². The van der Waals surface area contributed by atoms with Crippen molar-refractivity contribution in [3.63, 3.8) is 0 Å². The van der Waals surface area contributed by atoms with Crippen LogP contribution in [0.15, 0.2) is 48.5 Å². The van der Waals surface area contributed by atoms with E-state index in [1.165, 1.54) is 36.4 Å². The van der Waals surface area contributed by atoms with Gasteiger partial charge in [-0.1, -0.05) is 0 Å². The van der Waals surface area contributed by atoms with Crippen molar-refractivity contribution in [2.45, 2.75) is 0 Å². The van der Waals surface area contributed by atoms with Crippen molar-refractivity contribution in [1.29, 1.82) is 0 Å². The van der Waals surface area contributed by atoms with Crippen molar-refractivity contribution in [3.05, 3.63) is 64.2 Å². The molecule has 0 fully saturated rings. The normalized spacial score (nSPS) is 9.96. The first kappa shape index (κ1) is 17.9. The second kappa shape index (κ2) is 8.44. The number of rotatable bonds is 8. The van der Waals surface area contributed by atoms with E-state index < -0.39 is 16.7 Å². The number of Topliss-reactive ketones (excluding diaryl/α,β-unsaturated/α-hetero) is 1. The number of non-ortho nitro benzene ring substituents is 1. The number of hydrogen-bond donors (Lipinski definition) is 0. The fourth-order valence-corrected chi connectivity index (χ4v) is 1.90. The van der Waals surface area contributed by atoms with Crippen LogP contribution < -0.4 is 9.47 Å². The lowest BCUT2D eigenvalue weighted by Gasteiger charge is -2.08. The summed E-state index contributed by atoms with van der Waals surface area (Å²) >= 11 is 0. The van der Waals surface area contributed by atoms with Crippen LogP contribution in [-0.2, 0) is 9.53 Å². The highest BCUT2D eigenvalue weighted by Crippen LogP contribution is 2.17. The molecule has 25 heavy (non-hydrogen) atoms. The van der Waals surface area contributed by atoms with Gasteiger partial charge in [0.15, 0.2) is 0 Å². The van der Waals surface area contributed by atoms with Gasteiger partial charge >= 0.3 is 5.97 Å². The molecular formula is C17H15NO7. The van der Waals surface area contributed by atoms with E-state index in [2.05, 4.69) is 4.74 Å². The van der Waals surface area contributed by atoms with Crippen molar-refractivity contribution in [2.24, 2.45) is 0 Å². The Morgan fingerprint density at radius 1 is 0.920 bits per heavy atom. The summed E-state index contributed by atoms with van der Waals surface area (Å²) in [5.41, 5.74) is 0.200. The third-order valence-electron chi connectivity index (χ3n) is 3.16. The average molecular weight is 345 g/mol. The molecule has 0 aromatic heterocycles. The van der Waals surface area contributed by atoms with Gasteiger partial charge in [0, 0.05) is 17.7 Å². The van der Waals surface area contributed by atoms with Crippen molar-refractivity contribution >= 4 is 17.4 Å². The van der Waals surface area contributed by atoms with Crippen molar-refractivity contribution in [1.82, 2.24) is 0 Å². The summed E-state index contributed by atoms with van der Waals surface area (Å²) < 4.78 is 15.2. The molecule has 0 heterocycles. The number of benzene rings is 2. The summed E-state index contributed by atoms with van der Waals surface area (Å²) in [5.74, 6) is -0.650. The highest BCUT2D eigenvalue weighted by molar-refractivity contribution is 6.40. The van der Waals surface area contributed by atoms with Crippen molar-refractivity contribution < 1.29 is 28.7 Å². The molecule has 0 spiro atoms. The number of nitro benzene ring substituents is 1. The molecular weight excluding hydrogens is 330 g/mol. The maximum absolute atomic E-state index is 11.6. The number of esters is 1. The van der Waals surface area contributed by atoms with Gasteiger partial charge in [0.05, 0.1) is 12.0 Å². The molecule has 0 amide bonds. The van der Waals surface area contributed by atoms with Crippen LogP contribution in [0.2, 0.25) is 0 Å². The van der Waals surface area contributed by atoms with Gasteiger partial charge < -0.3 is 14.2 Å². The van der Waals surface area contributed by atoms with Crippen molar-refractivity contribution in [3.8, 4) is 11.5 Å². The lowest BCUT2D eigenvalue weighted by atomic mass is 10.1. The SMILES string of the molecule is COC(=O)C(=O)c1ccc(OCCOc2ccc([N+](=O)[O-])cc2)cc1. The third-order valence-corrected chi connectivity index (χ3v) is 3.16. The predicted molar refractivity (Wildman–Crippen MR) is 86.9 cm³/mol. The molecule has 130 valence electrons. The van der Waals surface area contributed by atoms with Crippen LogP contribution in [-0.4, -0.2) is 37.0 Å². The first-order valence-electron chi connectivity index (χ1n) is 7.24. The Balaban J connectivity index is 1.79. The molecule has 2 aromatic carbocycles. The highest BCUT2D eigenvalue weighted by Gasteiger charge is 2.16. The monoisotopic (exact) mass is 345 g/mol. The van der Waals surface area contributed by atoms with E-state index in [1.807, 2.05) is 0 Å². The van der Waals surface area contributed by atoms with Crippen molar-refractivity contribution in [2.75, 3.05) is 20.3 Å². The standard InChI is InChI=1S/C17H15NO7/c1-23-17(20)16(19)12-2-6-14(7-3-12)24-10-11-25-15-8-4-13(5-9-15)18(21)22/h2-9H,10-11H2,1H3. The maximum Gasteiger partial charge on any atom is 0.379 e. The molecule has 0 aliphatic carbocycles. The fourth-order valence-electron chi connectivity index (χ4n) is 1.90. The summed E-state index contributed by atoms with van der Waals surface area (Å²) in [7, 11) is 1.14. The van der Waals surface area contributed by atoms with Crippen LogP contribution >= 0.6 is 0 Å². The van der Waals surface area contributed by atoms with Crippen LogP contribution in [0.25, 0.3) is 0 Å². The van der Waals surface area contributed by atoms with E-state index in [4.69, 9.17) is 9.47 Å². The van der Waals surface area contributed by atoms with E-state index in [9.17, 15) is 19.7 Å². The first-order chi connectivity index (χ1) is 12.0. The van der Waals surface area contributed by atoms with Crippen LogP contribution in [0.4, 0.5) is 5.69 Å². The minimum atomic E-state index is -0.926. The number of nitro groups is 1. The van der Waals surface area contributed by atoms with Gasteiger partial charge in [0.1, 0.15) is 24.7 Å². The first-order valence-corrected chi connectivity index (χ1v) is 7.24. The molecule has 0 bridgehead atoms. The Kier molecular flexibility index (Phi) is 6.05. The Bertz CT molecular complexity index is 754. The van der Waals surface area contributed by atoms with Gasteiger partial charge in [-0.25, -0.2) is 4.79 Å². The molecule has 2 aromatic rings. The number of carbonyl (C=O) groups is 2.